The van der Waals surface area contributed by atoms with Crippen LogP contribution in [0.3, 0.4) is 0 Å². The van der Waals surface area contributed by atoms with Crippen molar-refractivity contribution in [2.45, 2.75) is 33.9 Å². The summed E-state index contributed by atoms with van der Waals surface area (Å²) in [6.45, 7) is 11.5. The molecular weight excluding hydrogens is 218 g/mol. The first-order valence-electron chi connectivity index (χ1n) is 6.33. The van der Waals surface area contributed by atoms with Crippen molar-refractivity contribution in [2.75, 3.05) is 26.4 Å². The van der Waals surface area contributed by atoms with E-state index in [2.05, 4.69) is 27.7 Å². The van der Waals surface area contributed by atoms with Gasteiger partial charge in [0.25, 0.3) is 0 Å². The minimum Gasteiger partial charge on any atom is -0.411 e. The van der Waals surface area contributed by atoms with Crippen molar-refractivity contribution < 1.29 is 18.6 Å². The summed E-state index contributed by atoms with van der Waals surface area (Å²) in [6.07, 6.45) is 0.659. The van der Waals surface area contributed by atoms with E-state index >= 15 is 0 Å². The van der Waals surface area contributed by atoms with Crippen LogP contribution in [-0.2, 0) is 18.6 Å². The van der Waals surface area contributed by atoms with Gasteiger partial charge in [-0.15, -0.1) is 0 Å². The molecule has 2 fully saturated rings. The summed E-state index contributed by atoms with van der Waals surface area (Å²) < 4.78 is 22.7. The molecule has 2 rings (SSSR count). The molecule has 96 valence electrons. The molecule has 0 amide bonds. The monoisotopic (exact) mass is 240 g/mol. The molecule has 4 nitrogen and oxygen atoms in total. The SMILES string of the molecule is CC1(C)COB(CB2OCC(C)(C)CO2)OC1. The molecular formula is C11H22B2O4. The quantitative estimate of drug-likeness (QED) is 0.687. The van der Waals surface area contributed by atoms with E-state index in [1.807, 2.05) is 0 Å². The Morgan fingerprint density at radius 3 is 1.29 bits per heavy atom. The molecule has 0 spiro atoms. The zero-order valence-electron chi connectivity index (χ0n) is 11.3. The fraction of sp³-hybridized carbons (Fsp3) is 1.00. The maximum Gasteiger partial charge on any atom is 0.454 e. The molecule has 2 heterocycles. The van der Waals surface area contributed by atoms with E-state index in [0.29, 0.717) is 6.22 Å². The third-order valence-corrected chi connectivity index (χ3v) is 3.02. The summed E-state index contributed by atoms with van der Waals surface area (Å²) in [5.74, 6) is 0. The Labute approximate surface area is 105 Å². The lowest BCUT2D eigenvalue weighted by Gasteiger charge is -2.36. The van der Waals surface area contributed by atoms with Crippen LogP contribution in [0.25, 0.3) is 0 Å². The largest absolute Gasteiger partial charge is 0.454 e. The second kappa shape index (κ2) is 4.92. The van der Waals surface area contributed by atoms with Gasteiger partial charge in [-0.2, -0.15) is 0 Å². The molecule has 0 aromatic rings. The Hall–Kier alpha value is -0.0301. The summed E-state index contributed by atoms with van der Waals surface area (Å²) in [5.41, 5.74) is 0.236. The van der Waals surface area contributed by atoms with Crippen LogP contribution in [0, 0.1) is 10.8 Å². The predicted molar refractivity (Wildman–Crippen MR) is 67.7 cm³/mol. The van der Waals surface area contributed by atoms with Crippen LogP contribution in [0.2, 0.25) is 6.22 Å². The van der Waals surface area contributed by atoms with E-state index < -0.39 is 0 Å². The van der Waals surface area contributed by atoms with Crippen LogP contribution in [-0.4, -0.2) is 40.7 Å². The van der Waals surface area contributed by atoms with E-state index in [9.17, 15) is 0 Å². The molecule has 0 N–H and O–H groups in total. The highest BCUT2D eigenvalue weighted by atomic mass is 16.6. The molecule has 0 saturated carbocycles. The minimum atomic E-state index is -0.186. The smallest absolute Gasteiger partial charge is 0.411 e. The lowest BCUT2D eigenvalue weighted by Crippen LogP contribution is -2.47. The lowest BCUT2D eigenvalue weighted by molar-refractivity contribution is 0.0172. The Balaban J connectivity index is 1.72. The van der Waals surface area contributed by atoms with Gasteiger partial charge in [-0.05, 0) is 0 Å². The summed E-state index contributed by atoms with van der Waals surface area (Å²) in [6, 6.07) is 0. The van der Waals surface area contributed by atoms with Crippen LogP contribution in [0.1, 0.15) is 27.7 Å². The Morgan fingerprint density at radius 1 is 0.706 bits per heavy atom. The highest BCUT2D eigenvalue weighted by molar-refractivity contribution is 6.64. The van der Waals surface area contributed by atoms with Crippen molar-refractivity contribution in [1.29, 1.82) is 0 Å². The fourth-order valence-electron chi connectivity index (χ4n) is 1.88. The van der Waals surface area contributed by atoms with Gasteiger partial charge in [-0.25, -0.2) is 0 Å². The second-order valence-electron chi connectivity index (χ2n) is 6.67. The lowest BCUT2D eigenvalue weighted by atomic mass is 9.61. The molecule has 2 saturated heterocycles. The van der Waals surface area contributed by atoms with Crippen LogP contribution in [0.4, 0.5) is 0 Å². The number of hydrogen-bond acceptors (Lipinski definition) is 4. The highest BCUT2D eigenvalue weighted by Crippen LogP contribution is 2.26. The van der Waals surface area contributed by atoms with Crippen LogP contribution in [0.15, 0.2) is 0 Å². The molecule has 0 aromatic heterocycles. The molecule has 17 heavy (non-hydrogen) atoms. The van der Waals surface area contributed by atoms with Crippen molar-refractivity contribution in [2.24, 2.45) is 10.8 Å². The van der Waals surface area contributed by atoms with Crippen molar-refractivity contribution in [3.05, 3.63) is 0 Å². The van der Waals surface area contributed by atoms with Crippen molar-refractivity contribution in [3.63, 3.8) is 0 Å². The van der Waals surface area contributed by atoms with Crippen LogP contribution in [0.5, 0.6) is 0 Å². The van der Waals surface area contributed by atoms with Crippen LogP contribution < -0.4 is 0 Å². The predicted octanol–water partition coefficient (Wildman–Crippen LogP) is 1.65. The first-order chi connectivity index (χ1) is 7.86. The molecule has 2 aliphatic rings. The summed E-state index contributed by atoms with van der Waals surface area (Å²) in [5, 5.41) is 0. The van der Waals surface area contributed by atoms with Gasteiger partial charge in [-0.3, -0.25) is 0 Å². The standard InChI is InChI=1S/C11H22B2O4/c1-10(2)5-14-12(15-6-10)9-13-16-7-11(3,4)8-17-13/h5-9H2,1-4H3. The minimum absolute atomic E-state index is 0.118. The van der Waals surface area contributed by atoms with Gasteiger partial charge in [0.1, 0.15) is 0 Å². The van der Waals surface area contributed by atoms with E-state index in [1.54, 1.807) is 0 Å². The second-order valence-corrected chi connectivity index (χ2v) is 6.67. The zero-order chi connectivity index (χ0) is 12.5. The molecule has 6 heteroatoms. The maximum atomic E-state index is 5.67. The molecule has 0 atom stereocenters. The zero-order valence-corrected chi connectivity index (χ0v) is 11.3. The van der Waals surface area contributed by atoms with Gasteiger partial charge >= 0.3 is 14.2 Å². The van der Waals surface area contributed by atoms with Gasteiger partial charge in [-0.1, -0.05) is 27.7 Å². The summed E-state index contributed by atoms with van der Waals surface area (Å²) in [7, 11) is -0.372. The highest BCUT2D eigenvalue weighted by Gasteiger charge is 2.39. The van der Waals surface area contributed by atoms with Crippen molar-refractivity contribution >= 4 is 14.2 Å². The molecule has 0 unspecified atom stereocenters. The number of hydrogen-bond donors (Lipinski definition) is 0. The van der Waals surface area contributed by atoms with Crippen LogP contribution >= 0.6 is 0 Å². The van der Waals surface area contributed by atoms with Gasteiger partial charge in [0.15, 0.2) is 0 Å². The molecule has 0 bridgehead atoms. The van der Waals surface area contributed by atoms with E-state index in [1.165, 1.54) is 0 Å². The third-order valence-electron chi connectivity index (χ3n) is 3.02. The first kappa shape index (κ1) is 13.4. The molecule has 2 aliphatic heterocycles. The van der Waals surface area contributed by atoms with Gasteiger partial charge in [0, 0.05) is 43.5 Å². The Morgan fingerprint density at radius 2 is 1.00 bits per heavy atom. The fourth-order valence-corrected chi connectivity index (χ4v) is 1.88. The van der Waals surface area contributed by atoms with E-state index in [0.717, 1.165) is 26.4 Å². The molecule has 0 aliphatic carbocycles. The molecule has 0 aromatic carbocycles. The Kier molecular flexibility index (Phi) is 3.88. The average molecular weight is 240 g/mol. The maximum absolute atomic E-state index is 5.67. The third kappa shape index (κ3) is 3.98. The topological polar surface area (TPSA) is 36.9 Å². The first-order valence-corrected chi connectivity index (χ1v) is 6.33. The summed E-state index contributed by atoms with van der Waals surface area (Å²) in [4.78, 5) is 0. The van der Waals surface area contributed by atoms with E-state index in [4.69, 9.17) is 18.6 Å². The van der Waals surface area contributed by atoms with Gasteiger partial charge in [0.2, 0.25) is 0 Å². The number of rotatable bonds is 2. The summed E-state index contributed by atoms with van der Waals surface area (Å²) >= 11 is 0. The Bertz CT molecular complexity index is 224. The van der Waals surface area contributed by atoms with Crippen molar-refractivity contribution in [1.82, 2.24) is 0 Å². The molecule has 0 radical (unpaired) electrons. The average Bonchev–Trinajstić information content (AvgIpc) is 2.24. The van der Waals surface area contributed by atoms with Gasteiger partial charge in [0.05, 0.1) is 0 Å². The normalized spacial score (nSPS) is 28.2. The van der Waals surface area contributed by atoms with Gasteiger partial charge < -0.3 is 18.6 Å². The van der Waals surface area contributed by atoms with Crippen molar-refractivity contribution in [3.8, 4) is 0 Å². The van der Waals surface area contributed by atoms with E-state index in [-0.39, 0.29) is 25.1 Å².